The first kappa shape index (κ1) is 20.0. The van der Waals surface area contributed by atoms with Crippen molar-refractivity contribution in [1.29, 1.82) is 0 Å². The normalized spacial score (nSPS) is 11.9. The Morgan fingerprint density at radius 3 is 2.04 bits per heavy atom. The third kappa shape index (κ3) is 4.94. The van der Waals surface area contributed by atoms with Crippen LogP contribution in [-0.2, 0) is 20.0 Å². The molecule has 27 heavy (non-hydrogen) atoms. The molecule has 0 saturated heterocycles. The Morgan fingerprint density at radius 1 is 0.741 bits per heavy atom. The van der Waals surface area contributed by atoms with E-state index in [-0.39, 0.29) is 14.8 Å². The summed E-state index contributed by atoms with van der Waals surface area (Å²) in [7, 11) is -7.78. The van der Waals surface area contributed by atoms with Gasteiger partial charge in [-0.2, -0.15) is 0 Å². The predicted molar refractivity (Wildman–Crippen MR) is 109 cm³/mol. The number of hydrogen-bond acceptors (Lipinski definition) is 5. The van der Waals surface area contributed by atoms with Gasteiger partial charge in [-0.1, -0.05) is 29.3 Å². The number of anilines is 2. The van der Waals surface area contributed by atoms with Gasteiger partial charge >= 0.3 is 0 Å². The van der Waals surface area contributed by atoms with E-state index in [1.807, 2.05) is 0 Å². The molecule has 1 heterocycles. The first-order chi connectivity index (χ1) is 12.7. The van der Waals surface area contributed by atoms with E-state index in [0.29, 0.717) is 15.0 Å². The van der Waals surface area contributed by atoms with Crippen molar-refractivity contribution >= 4 is 66.0 Å². The fourth-order valence-corrected chi connectivity index (χ4v) is 5.87. The van der Waals surface area contributed by atoms with Crippen molar-refractivity contribution in [1.82, 2.24) is 0 Å². The summed E-state index contributed by atoms with van der Waals surface area (Å²) in [5.74, 6) is 0. The predicted octanol–water partition coefficient (Wildman–Crippen LogP) is 4.66. The molecule has 3 aromatic rings. The van der Waals surface area contributed by atoms with Gasteiger partial charge in [0, 0.05) is 10.7 Å². The van der Waals surface area contributed by atoms with Crippen LogP contribution >= 0.6 is 34.5 Å². The van der Waals surface area contributed by atoms with Gasteiger partial charge in [0.2, 0.25) is 0 Å². The van der Waals surface area contributed by atoms with Gasteiger partial charge in [0.25, 0.3) is 20.0 Å². The lowest BCUT2D eigenvalue weighted by molar-refractivity contribution is 0.599. The maximum absolute atomic E-state index is 12.5. The third-order valence-electron chi connectivity index (χ3n) is 3.31. The highest BCUT2D eigenvalue weighted by atomic mass is 35.5. The molecule has 0 radical (unpaired) electrons. The van der Waals surface area contributed by atoms with Gasteiger partial charge in [0.15, 0.2) is 0 Å². The molecule has 0 aliphatic carbocycles. The van der Waals surface area contributed by atoms with E-state index in [9.17, 15) is 16.8 Å². The summed E-state index contributed by atoms with van der Waals surface area (Å²) < 4.78 is 54.9. The van der Waals surface area contributed by atoms with Crippen molar-refractivity contribution < 1.29 is 16.8 Å². The Kier molecular flexibility index (Phi) is 5.68. The van der Waals surface area contributed by atoms with Crippen LogP contribution in [0.1, 0.15) is 0 Å². The number of benzene rings is 2. The van der Waals surface area contributed by atoms with Crippen LogP contribution in [-0.4, -0.2) is 16.8 Å². The molecule has 0 aliphatic heterocycles. The van der Waals surface area contributed by atoms with Gasteiger partial charge in [0.05, 0.1) is 14.9 Å². The van der Waals surface area contributed by atoms with Gasteiger partial charge < -0.3 is 0 Å². The number of halogens is 2. The molecule has 0 fully saturated rings. The van der Waals surface area contributed by atoms with Crippen molar-refractivity contribution in [3.63, 3.8) is 0 Å². The maximum atomic E-state index is 12.5. The molecule has 2 aromatic carbocycles. The zero-order chi connectivity index (χ0) is 19.7. The number of sulfonamides is 2. The second kappa shape index (κ2) is 7.69. The van der Waals surface area contributed by atoms with E-state index >= 15 is 0 Å². The van der Waals surface area contributed by atoms with Crippen LogP contribution in [0.15, 0.2) is 69.8 Å². The van der Waals surface area contributed by atoms with Crippen LogP contribution in [0, 0.1) is 0 Å². The molecule has 0 unspecified atom stereocenters. The van der Waals surface area contributed by atoms with E-state index in [4.69, 9.17) is 23.2 Å². The van der Waals surface area contributed by atoms with Crippen molar-refractivity contribution in [2.75, 3.05) is 9.44 Å². The number of thiophene rings is 1. The Labute approximate surface area is 170 Å². The lowest BCUT2D eigenvalue weighted by Gasteiger charge is -2.11. The lowest BCUT2D eigenvalue weighted by Crippen LogP contribution is -2.15. The van der Waals surface area contributed by atoms with E-state index in [2.05, 4.69) is 9.44 Å². The zero-order valence-corrected chi connectivity index (χ0v) is 17.3. The molecule has 0 spiro atoms. The van der Waals surface area contributed by atoms with Crippen LogP contribution in [0.4, 0.5) is 11.4 Å². The average molecular weight is 463 g/mol. The highest BCUT2D eigenvalue weighted by Gasteiger charge is 2.19. The molecule has 11 heteroatoms. The minimum atomic E-state index is -3.91. The molecule has 0 saturated carbocycles. The molecule has 0 amide bonds. The van der Waals surface area contributed by atoms with E-state index < -0.39 is 20.0 Å². The summed E-state index contributed by atoms with van der Waals surface area (Å²) in [5, 5.41) is 0.475. The first-order valence-corrected chi connectivity index (χ1v) is 11.9. The second-order valence-corrected chi connectivity index (χ2v) is 11.0. The van der Waals surface area contributed by atoms with Crippen LogP contribution in [0.3, 0.4) is 0 Å². The molecule has 3 rings (SSSR count). The molecule has 142 valence electrons. The van der Waals surface area contributed by atoms with E-state index in [1.165, 1.54) is 48.5 Å². The monoisotopic (exact) mass is 462 g/mol. The van der Waals surface area contributed by atoms with Crippen LogP contribution in [0.2, 0.25) is 9.36 Å². The van der Waals surface area contributed by atoms with Gasteiger partial charge in [0.1, 0.15) is 4.21 Å². The van der Waals surface area contributed by atoms with Crippen molar-refractivity contribution in [3.8, 4) is 0 Å². The molecule has 2 N–H and O–H groups in total. The van der Waals surface area contributed by atoms with E-state index in [0.717, 1.165) is 11.3 Å². The third-order valence-corrected chi connectivity index (χ3v) is 8.04. The summed E-state index contributed by atoms with van der Waals surface area (Å²) in [6.45, 7) is 0. The fraction of sp³-hybridized carbons (Fsp3) is 0. The zero-order valence-electron chi connectivity index (χ0n) is 13.4. The van der Waals surface area contributed by atoms with Crippen LogP contribution in [0.25, 0.3) is 0 Å². The van der Waals surface area contributed by atoms with Crippen molar-refractivity contribution in [3.05, 3.63) is 70.0 Å². The van der Waals surface area contributed by atoms with Crippen LogP contribution < -0.4 is 9.44 Å². The molecule has 0 bridgehead atoms. The molecular weight excluding hydrogens is 451 g/mol. The molecule has 0 aliphatic rings. The van der Waals surface area contributed by atoms with Gasteiger partial charge in [-0.25, -0.2) is 16.8 Å². The molecule has 6 nitrogen and oxygen atoms in total. The van der Waals surface area contributed by atoms with Gasteiger partial charge in [-0.15, -0.1) is 11.3 Å². The highest BCUT2D eigenvalue weighted by Crippen LogP contribution is 2.28. The highest BCUT2D eigenvalue weighted by molar-refractivity contribution is 7.94. The standard InChI is InChI=1S/C16H12Cl2N2O4S3/c17-11-4-6-12(7-5-11)19-26(21,22)14-3-1-2-13(10-14)20-27(23,24)16-9-8-15(18)25-16/h1-10,19-20H. The SMILES string of the molecule is O=S(=O)(Nc1ccc(Cl)cc1)c1cccc(NS(=O)(=O)c2ccc(Cl)s2)c1. The largest absolute Gasteiger partial charge is 0.280 e. The molecule has 0 atom stereocenters. The quantitative estimate of drug-likeness (QED) is 0.556. The Balaban J connectivity index is 1.85. The molecule has 1 aromatic heterocycles. The smallest absolute Gasteiger partial charge is 0.271 e. The maximum Gasteiger partial charge on any atom is 0.271 e. The Bertz CT molecular complexity index is 1170. The summed E-state index contributed by atoms with van der Waals surface area (Å²) in [5.41, 5.74) is 0.442. The minimum Gasteiger partial charge on any atom is -0.280 e. The average Bonchev–Trinajstić information content (AvgIpc) is 3.04. The minimum absolute atomic E-state index is 0.0278. The fourth-order valence-electron chi connectivity index (χ4n) is 2.11. The van der Waals surface area contributed by atoms with Crippen molar-refractivity contribution in [2.45, 2.75) is 9.10 Å². The topological polar surface area (TPSA) is 92.3 Å². The van der Waals surface area contributed by atoms with E-state index in [1.54, 1.807) is 12.1 Å². The summed E-state index contributed by atoms with van der Waals surface area (Å²) in [6, 6.07) is 14.5. The van der Waals surface area contributed by atoms with Crippen LogP contribution in [0.5, 0.6) is 0 Å². The van der Waals surface area contributed by atoms with Crippen molar-refractivity contribution in [2.24, 2.45) is 0 Å². The van der Waals surface area contributed by atoms with Gasteiger partial charge in [-0.3, -0.25) is 9.44 Å². The summed E-state index contributed by atoms with van der Waals surface area (Å²) >= 11 is 12.5. The Morgan fingerprint density at radius 2 is 1.41 bits per heavy atom. The number of rotatable bonds is 6. The second-order valence-electron chi connectivity index (χ2n) is 5.30. The lowest BCUT2D eigenvalue weighted by atomic mass is 10.3. The summed E-state index contributed by atoms with van der Waals surface area (Å²) in [6.07, 6.45) is 0. The first-order valence-electron chi connectivity index (χ1n) is 7.32. The number of nitrogens with one attached hydrogen (secondary N) is 2. The van der Waals surface area contributed by atoms with Gasteiger partial charge in [-0.05, 0) is 54.6 Å². The molecular formula is C16H12Cl2N2O4S3. The number of hydrogen-bond donors (Lipinski definition) is 2. The Hall–Kier alpha value is -1.78. The summed E-state index contributed by atoms with van der Waals surface area (Å²) in [4.78, 5) is -0.0955.